The standard InChI is InChI=1S/C13H17F4NO2Se/c1-19-9-6-11(21-7-13(16,17)12(14)15)10(20-2)5-8(9)3-4-18/h5-6,12H,3-4,7,18H2,1-2H3. The van der Waals surface area contributed by atoms with Crippen molar-refractivity contribution >= 4 is 19.4 Å². The summed E-state index contributed by atoms with van der Waals surface area (Å²) in [5.41, 5.74) is 6.28. The third kappa shape index (κ3) is 4.76. The quantitative estimate of drug-likeness (QED) is 0.558. The van der Waals surface area contributed by atoms with E-state index in [4.69, 9.17) is 15.2 Å². The molecule has 21 heavy (non-hydrogen) atoms. The second-order valence-electron chi connectivity index (χ2n) is 4.20. The minimum atomic E-state index is -3.99. The van der Waals surface area contributed by atoms with E-state index in [0.717, 1.165) is 5.56 Å². The van der Waals surface area contributed by atoms with Crippen molar-refractivity contribution < 1.29 is 27.0 Å². The molecule has 1 aromatic rings. The zero-order valence-electron chi connectivity index (χ0n) is 11.7. The summed E-state index contributed by atoms with van der Waals surface area (Å²) in [5.74, 6) is -3.10. The Labute approximate surface area is 126 Å². The Bertz CT molecular complexity index is 472. The molecule has 1 aromatic carbocycles. The predicted molar refractivity (Wildman–Crippen MR) is 73.5 cm³/mol. The van der Waals surface area contributed by atoms with Crippen molar-refractivity contribution in [2.24, 2.45) is 5.73 Å². The number of nitrogens with two attached hydrogens (primary N) is 1. The van der Waals surface area contributed by atoms with E-state index < -0.39 is 32.6 Å². The topological polar surface area (TPSA) is 44.5 Å². The summed E-state index contributed by atoms with van der Waals surface area (Å²) in [6.45, 7) is 0.396. The van der Waals surface area contributed by atoms with Crippen LogP contribution in [0.5, 0.6) is 11.5 Å². The summed E-state index contributed by atoms with van der Waals surface area (Å²) in [6.07, 6.45) is -3.12. The van der Waals surface area contributed by atoms with E-state index in [9.17, 15) is 17.6 Å². The molecule has 0 unspecified atom stereocenters. The van der Waals surface area contributed by atoms with Gasteiger partial charge in [0.2, 0.25) is 0 Å². The molecule has 0 heterocycles. The van der Waals surface area contributed by atoms with Gasteiger partial charge in [0.05, 0.1) is 0 Å². The van der Waals surface area contributed by atoms with E-state index in [0.29, 0.717) is 28.9 Å². The summed E-state index contributed by atoms with van der Waals surface area (Å²) >= 11 is -0.861. The van der Waals surface area contributed by atoms with E-state index in [1.165, 1.54) is 14.2 Å². The SMILES string of the molecule is COc1cc([Se]CC(F)(F)C(F)F)c(OC)cc1CCN. The average molecular weight is 374 g/mol. The molecule has 0 saturated heterocycles. The number of alkyl halides is 4. The van der Waals surface area contributed by atoms with Crippen LogP contribution in [-0.2, 0) is 6.42 Å². The molecular formula is C13H17F4NO2Se. The molecule has 8 heteroatoms. The first-order chi connectivity index (χ1) is 9.85. The molecule has 0 spiro atoms. The van der Waals surface area contributed by atoms with Crippen molar-refractivity contribution in [1.82, 2.24) is 0 Å². The zero-order valence-corrected chi connectivity index (χ0v) is 13.4. The van der Waals surface area contributed by atoms with Gasteiger partial charge in [-0.15, -0.1) is 0 Å². The summed E-state index contributed by atoms with van der Waals surface area (Å²) in [6, 6.07) is 3.22. The van der Waals surface area contributed by atoms with Crippen LogP contribution in [0.2, 0.25) is 5.32 Å². The summed E-state index contributed by atoms with van der Waals surface area (Å²) < 4.78 is 61.2. The van der Waals surface area contributed by atoms with Crippen molar-refractivity contribution in [1.29, 1.82) is 0 Å². The Balaban J connectivity index is 3.01. The summed E-state index contributed by atoms with van der Waals surface area (Å²) in [4.78, 5) is 0. The van der Waals surface area contributed by atoms with Gasteiger partial charge in [0, 0.05) is 0 Å². The van der Waals surface area contributed by atoms with Gasteiger partial charge >= 0.3 is 126 Å². The third-order valence-corrected chi connectivity index (χ3v) is 5.15. The normalized spacial score (nSPS) is 11.8. The van der Waals surface area contributed by atoms with Gasteiger partial charge in [-0.1, -0.05) is 0 Å². The van der Waals surface area contributed by atoms with Crippen LogP contribution in [0, 0.1) is 0 Å². The number of methoxy groups -OCH3 is 2. The molecule has 0 atom stereocenters. The zero-order chi connectivity index (χ0) is 16.0. The predicted octanol–water partition coefficient (Wildman–Crippen LogP) is 1.85. The van der Waals surface area contributed by atoms with Crippen molar-refractivity contribution in [2.75, 3.05) is 20.8 Å². The Kier molecular flexibility index (Phi) is 6.77. The second kappa shape index (κ2) is 7.87. The van der Waals surface area contributed by atoms with Crippen molar-refractivity contribution in [2.45, 2.75) is 24.1 Å². The molecule has 3 nitrogen and oxygen atoms in total. The summed E-state index contributed by atoms with van der Waals surface area (Å²) in [7, 11) is 2.85. The summed E-state index contributed by atoms with van der Waals surface area (Å²) in [5, 5.41) is -0.895. The minimum absolute atomic E-state index is 0.393. The van der Waals surface area contributed by atoms with Gasteiger partial charge in [-0.2, -0.15) is 0 Å². The molecule has 0 radical (unpaired) electrons. The Hall–Kier alpha value is -0.981. The van der Waals surface area contributed by atoms with Gasteiger partial charge in [0.1, 0.15) is 0 Å². The maximum atomic E-state index is 13.0. The molecule has 1 rings (SSSR count). The maximum absolute atomic E-state index is 13.0. The van der Waals surface area contributed by atoms with Crippen LogP contribution >= 0.6 is 0 Å². The number of rotatable bonds is 8. The molecule has 0 aliphatic rings. The second-order valence-corrected chi connectivity index (χ2v) is 6.34. The van der Waals surface area contributed by atoms with Gasteiger partial charge in [0.25, 0.3) is 0 Å². The number of hydrogen-bond donors (Lipinski definition) is 1. The average Bonchev–Trinajstić information content (AvgIpc) is 2.45. The fourth-order valence-corrected chi connectivity index (χ4v) is 3.62. The van der Waals surface area contributed by atoms with Gasteiger partial charge in [0.15, 0.2) is 0 Å². The van der Waals surface area contributed by atoms with Crippen LogP contribution in [0.15, 0.2) is 12.1 Å². The Morgan fingerprint density at radius 1 is 1.19 bits per heavy atom. The van der Waals surface area contributed by atoms with Gasteiger partial charge in [-0.3, -0.25) is 0 Å². The van der Waals surface area contributed by atoms with Crippen LogP contribution < -0.4 is 19.7 Å². The number of benzene rings is 1. The Morgan fingerprint density at radius 3 is 2.29 bits per heavy atom. The monoisotopic (exact) mass is 375 g/mol. The van der Waals surface area contributed by atoms with Crippen molar-refractivity contribution in [3.05, 3.63) is 17.7 Å². The van der Waals surface area contributed by atoms with Crippen LogP contribution in [-0.4, -0.2) is 48.1 Å². The number of ether oxygens (including phenoxy) is 2. The van der Waals surface area contributed by atoms with Crippen LogP contribution in [0.4, 0.5) is 17.6 Å². The molecule has 0 aliphatic heterocycles. The molecule has 0 bridgehead atoms. The number of halogens is 4. The molecule has 2 N–H and O–H groups in total. The molecule has 120 valence electrons. The Morgan fingerprint density at radius 2 is 1.81 bits per heavy atom. The fraction of sp³-hybridized carbons (Fsp3) is 0.538. The van der Waals surface area contributed by atoms with Crippen LogP contribution in [0.1, 0.15) is 5.56 Å². The third-order valence-electron chi connectivity index (χ3n) is 2.72. The van der Waals surface area contributed by atoms with Crippen molar-refractivity contribution in [3.8, 4) is 11.5 Å². The first-order valence-electron chi connectivity index (χ1n) is 6.09. The van der Waals surface area contributed by atoms with E-state index in [1.807, 2.05) is 0 Å². The first kappa shape index (κ1) is 18.1. The molecule has 0 saturated carbocycles. The first-order valence-corrected chi connectivity index (χ1v) is 8.16. The van der Waals surface area contributed by atoms with Gasteiger partial charge < -0.3 is 0 Å². The van der Waals surface area contributed by atoms with Gasteiger partial charge in [-0.05, 0) is 0 Å². The number of hydrogen-bond acceptors (Lipinski definition) is 3. The van der Waals surface area contributed by atoms with Crippen molar-refractivity contribution in [3.63, 3.8) is 0 Å². The van der Waals surface area contributed by atoms with Gasteiger partial charge in [-0.25, -0.2) is 0 Å². The molecule has 0 aromatic heterocycles. The molecular weight excluding hydrogens is 357 g/mol. The molecule has 0 fully saturated rings. The van der Waals surface area contributed by atoms with E-state index in [1.54, 1.807) is 12.1 Å². The van der Waals surface area contributed by atoms with E-state index in [2.05, 4.69) is 0 Å². The van der Waals surface area contributed by atoms with E-state index in [-0.39, 0.29) is 0 Å². The molecule has 0 aliphatic carbocycles. The van der Waals surface area contributed by atoms with E-state index >= 15 is 0 Å². The fourth-order valence-electron chi connectivity index (χ4n) is 1.63. The van der Waals surface area contributed by atoms with Crippen LogP contribution in [0.3, 0.4) is 0 Å². The van der Waals surface area contributed by atoms with Crippen LogP contribution in [0.25, 0.3) is 0 Å². The molecule has 0 amide bonds.